The van der Waals surface area contributed by atoms with Crippen LogP contribution in [0.25, 0.3) is 0 Å². The smallest absolute Gasteiger partial charge is 0.0108 e. The van der Waals surface area contributed by atoms with Crippen molar-refractivity contribution in [2.24, 2.45) is 10.8 Å². The van der Waals surface area contributed by atoms with Gasteiger partial charge in [0.2, 0.25) is 0 Å². The van der Waals surface area contributed by atoms with E-state index in [0.29, 0.717) is 0 Å². The van der Waals surface area contributed by atoms with Crippen LogP contribution < -0.4 is 5.32 Å². The van der Waals surface area contributed by atoms with Gasteiger partial charge in [0.1, 0.15) is 0 Å². The van der Waals surface area contributed by atoms with Crippen LogP contribution >= 0.6 is 0 Å². The van der Waals surface area contributed by atoms with Gasteiger partial charge in [-0.25, -0.2) is 0 Å². The summed E-state index contributed by atoms with van der Waals surface area (Å²) in [6, 6.07) is 0. The third-order valence-corrected chi connectivity index (χ3v) is 4.77. The quantitative estimate of drug-likeness (QED) is 0.732. The molecule has 0 atom stereocenters. The third kappa shape index (κ3) is 1.24. The molecule has 2 bridgehead atoms. The number of hydrogen-bond acceptors (Lipinski definition) is 2. The van der Waals surface area contributed by atoms with Gasteiger partial charge in [-0.1, -0.05) is 13.3 Å². The lowest BCUT2D eigenvalue weighted by molar-refractivity contribution is -0.214. The Bertz CT molecular complexity index is 211. The molecule has 4 aliphatic rings. The molecule has 0 aromatic rings. The molecule has 4 rings (SSSR count). The minimum Gasteiger partial charge on any atom is -0.314 e. The molecule has 0 radical (unpaired) electrons. The number of hydrogen-bond donors (Lipinski definition) is 1. The van der Waals surface area contributed by atoms with E-state index < -0.39 is 0 Å². The first kappa shape index (κ1) is 9.17. The minimum atomic E-state index is 0.785. The van der Waals surface area contributed by atoms with Crippen LogP contribution in [0.5, 0.6) is 0 Å². The van der Waals surface area contributed by atoms with Gasteiger partial charge in [0.15, 0.2) is 0 Å². The van der Waals surface area contributed by atoms with E-state index in [4.69, 9.17) is 0 Å². The summed E-state index contributed by atoms with van der Waals surface area (Å²) in [5.74, 6) is 0. The highest BCUT2D eigenvalue weighted by atomic mass is 15.2. The Kier molecular flexibility index (Phi) is 1.94. The molecule has 80 valence electrons. The van der Waals surface area contributed by atoms with Crippen LogP contribution in [0.4, 0.5) is 0 Å². The zero-order valence-corrected chi connectivity index (χ0v) is 9.31. The van der Waals surface area contributed by atoms with Crippen molar-refractivity contribution in [2.45, 2.75) is 32.6 Å². The molecular weight excluding hydrogens is 172 g/mol. The molecule has 0 unspecified atom stereocenters. The molecule has 4 fully saturated rings. The average Bonchev–Trinajstić information content (AvgIpc) is 2.10. The van der Waals surface area contributed by atoms with Crippen molar-refractivity contribution in [3.63, 3.8) is 0 Å². The topological polar surface area (TPSA) is 15.3 Å². The van der Waals surface area contributed by atoms with Gasteiger partial charge < -0.3 is 10.2 Å². The van der Waals surface area contributed by atoms with E-state index in [2.05, 4.69) is 17.1 Å². The number of piperazine rings is 1. The molecule has 3 saturated carbocycles. The van der Waals surface area contributed by atoms with Crippen molar-refractivity contribution in [3.05, 3.63) is 0 Å². The lowest BCUT2D eigenvalue weighted by Gasteiger charge is -2.72. The van der Waals surface area contributed by atoms with Crippen molar-refractivity contribution in [3.8, 4) is 0 Å². The molecule has 1 saturated heterocycles. The van der Waals surface area contributed by atoms with Crippen molar-refractivity contribution >= 4 is 0 Å². The van der Waals surface area contributed by atoms with Crippen LogP contribution in [0.1, 0.15) is 32.6 Å². The fraction of sp³-hybridized carbons (Fsp3) is 1.00. The first-order chi connectivity index (χ1) is 6.76. The standard InChI is InChI=1S/C12H22N2/c1-2-11-7-12(8-11,9-11)10-14-5-3-13-4-6-14/h13H,2-10H2,1H3. The van der Waals surface area contributed by atoms with Gasteiger partial charge in [0.25, 0.3) is 0 Å². The van der Waals surface area contributed by atoms with Crippen molar-refractivity contribution in [1.82, 2.24) is 10.2 Å². The van der Waals surface area contributed by atoms with Crippen LogP contribution in [0, 0.1) is 10.8 Å². The van der Waals surface area contributed by atoms with Gasteiger partial charge in [0.05, 0.1) is 0 Å². The maximum Gasteiger partial charge on any atom is 0.0108 e. The monoisotopic (exact) mass is 194 g/mol. The van der Waals surface area contributed by atoms with E-state index in [0.717, 1.165) is 10.8 Å². The Morgan fingerprint density at radius 3 is 2.29 bits per heavy atom. The first-order valence-corrected chi connectivity index (χ1v) is 6.19. The highest BCUT2D eigenvalue weighted by Gasteiger charge is 2.66. The molecule has 1 heterocycles. The minimum absolute atomic E-state index is 0.785. The largest absolute Gasteiger partial charge is 0.314 e. The summed E-state index contributed by atoms with van der Waals surface area (Å²) >= 11 is 0. The Morgan fingerprint density at radius 2 is 1.71 bits per heavy atom. The maximum absolute atomic E-state index is 3.43. The molecule has 2 nitrogen and oxygen atoms in total. The highest BCUT2D eigenvalue weighted by molar-refractivity contribution is 5.17. The van der Waals surface area contributed by atoms with E-state index in [1.54, 1.807) is 19.3 Å². The molecule has 0 amide bonds. The van der Waals surface area contributed by atoms with E-state index in [1.807, 2.05) is 0 Å². The Hall–Kier alpha value is -0.0800. The van der Waals surface area contributed by atoms with Crippen LogP contribution in [0.3, 0.4) is 0 Å². The molecule has 14 heavy (non-hydrogen) atoms. The van der Waals surface area contributed by atoms with Crippen molar-refractivity contribution < 1.29 is 0 Å². The number of nitrogens with zero attached hydrogens (tertiary/aromatic N) is 1. The van der Waals surface area contributed by atoms with Crippen molar-refractivity contribution in [1.29, 1.82) is 0 Å². The molecule has 3 aliphatic carbocycles. The molecule has 1 aliphatic heterocycles. The van der Waals surface area contributed by atoms with E-state index in [9.17, 15) is 0 Å². The summed E-state index contributed by atoms with van der Waals surface area (Å²) in [4.78, 5) is 2.68. The summed E-state index contributed by atoms with van der Waals surface area (Å²) in [7, 11) is 0. The average molecular weight is 194 g/mol. The van der Waals surface area contributed by atoms with E-state index >= 15 is 0 Å². The fourth-order valence-electron chi connectivity index (χ4n) is 4.12. The van der Waals surface area contributed by atoms with Gasteiger partial charge in [-0.3, -0.25) is 0 Å². The lowest BCUT2D eigenvalue weighted by Crippen LogP contribution is -2.66. The van der Waals surface area contributed by atoms with Gasteiger partial charge in [-0.2, -0.15) is 0 Å². The molecule has 2 heteroatoms. The van der Waals surface area contributed by atoms with Crippen LogP contribution in [-0.2, 0) is 0 Å². The second-order valence-corrected chi connectivity index (χ2v) is 5.91. The van der Waals surface area contributed by atoms with Crippen LogP contribution in [0.2, 0.25) is 0 Å². The molecule has 0 aromatic carbocycles. The summed E-state index contributed by atoms with van der Waals surface area (Å²) in [5, 5.41) is 3.43. The van der Waals surface area contributed by atoms with Gasteiger partial charge in [-0.15, -0.1) is 0 Å². The normalized spacial score (nSPS) is 46.9. The molecular formula is C12H22N2. The zero-order chi connectivity index (χ0) is 9.65. The Balaban J connectivity index is 1.50. The summed E-state index contributed by atoms with van der Waals surface area (Å²) in [6.45, 7) is 8.73. The van der Waals surface area contributed by atoms with E-state index in [-0.39, 0.29) is 0 Å². The Morgan fingerprint density at radius 1 is 1.07 bits per heavy atom. The summed E-state index contributed by atoms with van der Waals surface area (Å²) in [5.41, 5.74) is 1.61. The zero-order valence-electron chi connectivity index (χ0n) is 9.31. The Labute approximate surface area is 87.0 Å². The maximum atomic E-state index is 3.43. The van der Waals surface area contributed by atoms with Crippen LogP contribution in [-0.4, -0.2) is 37.6 Å². The predicted molar refractivity (Wildman–Crippen MR) is 58.3 cm³/mol. The van der Waals surface area contributed by atoms with Crippen LogP contribution in [0.15, 0.2) is 0 Å². The second kappa shape index (κ2) is 2.96. The van der Waals surface area contributed by atoms with Gasteiger partial charge in [-0.05, 0) is 30.1 Å². The number of nitrogens with one attached hydrogen (secondary N) is 1. The van der Waals surface area contributed by atoms with Gasteiger partial charge in [0, 0.05) is 32.7 Å². The third-order valence-electron chi connectivity index (χ3n) is 4.77. The summed E-state index contributed by atoms with van der Waals surface area (Å²) < 4.78 is 0. The molecule has 1 N–H and O–H groups in total. The fourth-order valence-corrected chi connectivity index (χ4v) is 4.12. The van der Waals surface area contributed by atoms with Crippen molar-refractivity contribution in [2.75, 3.05) is 32.7 Å². The SMILES string of the molecule is CCC12CC(CN3CCNCC3)(C1)C2. The van der Waals surface area contributed by atoms with E-state index in [1.165, 1.54) is 39.1 Å². The lowest BCUT2D eigenvalue weighted by atomic mass is 9.34. The number of rotatable bonds is 3. The first-order valence-electron chi connectivity index (χ1n) is 6.19. The van der Waals surface area contributed by atoms with Gasteiger partial charge >= 0.3 is 0 Å². The summed E-state index contributed by atoms with van der Waals surface area (Å²) in [6.07, 6.45) is 6.05. The highest BCUT2D eigenvalue weighted by Crippen LogP contribution is 2.74. The molecule has 0 aromatic heterocycles. The molecule has 0 spiro atoms. The second-order valence-electron chi connectivity index (χ2n) is 5.91. The predicted octanol–water partition coefficient (Wildman–Crippen LogP) is 1.47.